The molecule has 0 radical (unpaired) electrons. The average Bonchev–Trinajstić information content (AvgIpc) is 2.37. The Hall–Kier alpha value is -1.37. The topological polar surface area (TPSA) is 56.0 Å². The van der Waals surface area contributed by atoms with Crippen LogP contribution >= 0.6 is 0 Å². The summed E-state index contributed by atoms with van der Waals surface area (Å²) in [4.78, 5) is 0. The highest BCUT2D eigenvalue weighted by Crippen LogP contribution is 2.38. The van der Waals surface area contributed by atoms with Gasteiger partial charge in [0.15, 0.2) is 5.60 Å². The highest BCUT2D eigenvalue weighted by Gasteiger charge is 2.47. The van der Waals surface area contributed by atoms with Crippen LogP contribution in [0.25, 0.3) is 0 Å². The molecule has 0 bridgehead atoms. The lowest BCUT2D eigenvalue weighted by Gasteiger charge is -2.43. The highest BCUT2D eigenvalue weighted by molar-refractivity contribution is 5.24. The lowest BCUT2D eigenvalue weighted by atomic mass is 9.71. The van der Waals surface area contributed by atoms with Gasteiger partial charge in [0, 0.05) is 24.4 Å². The molecular formula is C14H18N2O. The SMILES string of the molecule is C[C@@H]1CN[C@H](c2ccccc2)[C@@H](C)[C@@]1(O)C#N. The largest absolute Gasteiger partial charge is 0.375 e. The Morgan fingerprint density at radius 2 is 2.00 bits per heavy atom. The van der Waals surface area contributed by atoms with Crippen LogP contribution in [-0.2, 0) is 0 Å². The molecule has 1 saturated heterocycles. The molecular weight excluding hydrogens is 212 g/mol. The molecule has 0 aromatic heterocycles. The number of hydrogen-bond acceptors (Lipinski definition) is 3. The first-order valence-electron chi connectivity index (χ1n) is 6.01. The normalized spacial score (nSPS) is 37.4. The molecule has 3 nitrogen and oxygen atoms in total. The number of piperidine rings is 1. The molecule has 0 amide bonds. The van der Waals surface area contributed by atoms with Crippen molar-refractivity contribution in [3.8, 4) is 6.07 Å². The van der Waals surface area contributed by atoms with Crippen LogP contribution in [0.2, 0.25) is 0 Å². The van der Waals surface area contributed by atoms with E-state index < -0.39 is 5.60 Å². The molecule has 1 fully saturated rings. The second-order valence-electron chi connectivity index (χ2n) is 4.92. The van der Waals surface area contributed by atoms with Gasteiger partial charge in [-0.2, -0.15) is 5.26 Å². The molecule has 2 N–H and O–H groups in total. The Morgan fingerprint density at radius 3 is 2.59 bits per heavy atom. The number of nitrogens with zero attached hydrogens (tertiary/aromatic N) is 1. The van der Waals surface area contributed by atoms with Crippen LogP contribution in [0.15, 0.2) is 30.3 Å². The number of aliphatic hydroxyl groups is 1. The van der Waals surface area contributed by atoms with Crippen LogP contribution in [0.1, 0.15) is 25.5 Å². The molecule has 3 heteroatoms. The van der Waals surface area contributed by atoms with Crippen LogP contribution in [-0.4, -0.2) is 17.3 Å². The molecule has 1 aromatic rings. The van der Waals surface area contributed by atoms with E-state index in [1.807, 2.05) is 44.2 Å². The summed E-state index contributed by atoms with van der Waals surface area (Å²) in [6.07, 6.45) is 0. The van der Waals surface area contributed by atoms with Crippen molar-refractivity contribution >= 4 is 0 Å². The van der Waals surface area contributed by atoms with Crippen molar-refractivity contribution in [2.75, 3.05) is 6.54 Å². The summed E-state index contributed by atoms with van der Waals surface area (Å²) in [6.45, 7) is 4.51. The summed E-state index contributed by atoms with van der Waals surface area (Å²) in [7, 11) is 0. The minimum atomic E-state index is -1.24. The lowest BCUT2D eigenvalue weighted by Crippen LogP contribution is -2.55. The lowest BCUT2D eigenvalue weighted by molar-refractivity contribution is -0.0446. The number of hydrogen-bond donors (Lipinski definition) is 2. The predicted octanol–water partition coefficient (Wildman–Crippen LogP) is 1.86. The summed E-state index contributed by atoms with van der Waals surface area (Å²) in [6, 6.07) is 12.1. The van der Waals surface area contributed by atoms with Gasteiger partial charge in [-0.15, -0.1) is 0 Å². The van der Waals surface area contributed by atoms with Crippen molar-refractivity contribution in [3.63, 3.8) is 0 Å². The average molecular weight is 230 g/mol. The van der Waals surface area contributed by atoms with E-state index in [1.54, 1.807) is 0 Å². The van der Waals surface area contributed by atoms with E-state index in [0.717, 1.165) is 5.56 Å². The number of benzene rings is 1. The summed E-state index contributed by atoms with van der Waals surface area (Å²) in [5, 5.41) is 23.1. The highest BCUT2D eigenvalue weighted by atomic mass is 16.3. The summed E-state index contributed by atoms with van der Waals surface area (Å²) in [5.74, 6) is -0.180. The Kier molecular flexibility index (Phi) is 3.19. The second-order valence-corrected chi connectivity index (χ2v) is 4.92. The monoisotopic (exact) mass is 230 g/mol. The molecule has 0 unspecified atom stereocenters. The Bertz CT molecular complexity index is 426. The standard InChI is InChI=1S/C14H18N2O/c1-10-8-16-13(11(2)14(10,17)9-15)12-6-4-3-5-7-12/h3-7,10-11,13,16-17H,8H2,1-2H3/t10-,11-,13+,14-/m1/s1. The minimum absolute atomic E-state index is 0.0389. The Labute approximate surface area is 102 Å². The maximum Gasteiger partial charge on any atom is 0.159 e. The molecule has 2 rings (SSSR count). The van der Waals surface area contributed by atoms with Crippen molar-refractivity contribution in [1.82, 2.24) is 5.32 Å². The fourth-order valence-corrected chi connectivity index (χ4v) is 2.62. The van der Waals surface area contributed by atoms with E-state index in [2.05, 4.69) is 11.4 Å². The van der Waals surface area contributed by atoms with Crippen LogP contribution in [0, 0.1) is 23.2 Å². The minimum Gasteiger partial charge on any atom is -0.375 e. The van der Waals surface area contributed by atoms with Crippen molar-refractivity contribution in [3.05, 3.63) is 35.9 Å². The van der Waals surface area contributed by atoms with Crippen molar-refractivity contribution in [1.29, 1.82) is 5.26 Å². The fourth-order valence-electron chi connectivity index (χ4n) is 2.62. The predicted molar refractivity (Wildman–Crippen MR) is 66.1 cm³/mol. The van der Waals surface area contributed by atoms with Crippen LogP contribution in [0.5, 0.6) is 0 Å². The molecule has 1 aliphatic rings. The van der Waals surface area contributed by atoms with Gasteiger partial charge in [0.05, 0.1) is 6.07 Å². The van der Waals surface area contributed by atoms with Crippen LogP contribution < -0.4 is 5.32 Å². The molecule has 1 aromatic carbocycles. The van der Waals surface area contributed by atoms with Crippen LogP contribution in [0.3, 0.4) is 0 Å². The van der Waals surface area contributed by atoms with E-state index in [1.165, 1.54) is 0 Å². The zero-order valence-electron chi connectivity index (χ0n) is 10.2. The molecule has 1 heterocycles. The Balaban J connectivity index is 2.31. The third kappa shape index (κ3) is 1.95. The summed E-state index contributed by atoms with van der Waals surface area (Å²) >= 11 is 0. The molecule has 1 aliphatic heterocycles. The van der Waals surface area contributed by atoms with Gasteiger partial charge in [-0.25, -0.2) is 0 Å². The number of rotatable bonds is 1. The number of nitriles is 1. The van der Waals surface area contributed by atoms with Gasteiger partial charge in [-0.1, -0.05) is 44.2 Å². The van der Waals surface area contributed by atoms with E-state index in [0.29, 0.717) is 6.54 Å². The van der Waals surface area contributed by atoms with Gasteiger partial charge in [-0.3, -0.25) is 0 Å². The van der Waals surface area contributed by atoms with E-state index in [-0.39, 0.29) is 17.9 Å². The van der Waals surface area contributed by atoms with E-state index in [9.17, 15) is 10.4 Å². The fraction of sp³-hybridized carbons (Fsp3) is 0.500. The Morgan fingerprint density at radius 1 is 1.35 bits per heavy atom. The first kappa shape index (κ1) is 12.1. The van der Waals surface area contributed by atoms with E-state index >= 15 is 0 Å². The van der Waals surface area contributed by atoms with Gasteiger partial charge in [0.2, 0.25) is 0 Å². The third-order valence-electron chi connectivity index (χ3n) is 3.93. The molecule has 90 valence electrons. The van der Waals surface area contributed by atoms with E-state index in [4.69, 9.17) is 0 Å². The van der Waals surface area contributed by atoms with Crippen LogP contribution in [0.4, 0.5) is 0 Å². The maximum atomic E-state index is 10.4. The zero-order chi connectivity index (χ0) is 12.5. The molecule has 0 aliphatic carbocycles. The molecule has 0 spiro atoms. The second kappa shape index (κ2) is 4.48. The maximum absolute atomic E-state index is 10.4. The summed E-state index contributed by atoms with van der Waals surface area (Å²) < 4.78 is 0. The quantitative estimate of drug-likeness (QED) is 0.724. The van der Waals surface area contributed by atoms with Crippen molar-refractivity contribution in [2.24, 2.45) is 11.8 Å². The molecule has 0 saturated carbocycles. The van der Waals surface area contributed by atoms with Crippen molar-refractivity contribution in [2.45, 2.75) is 25.5 Å². The van der Waals surface area contributed by atoms with Gasteiger partial charge in [0.1, 0.15) is 0 Å². The first-order valence-corrected chi connectivity index (χ1v) is 6.01. The number of nitrogens with one attached hydrogen (secondary N) is 1. The van der Waals surface area contributed by atoms with Gasteiger partial charge in [-0.05, 0) is 5.56 Å². The third-order valence-corrected chi connectivity index (χ3v) is 3.93. The van der Waals surface area contributed by atoms with Gasteiger partial charge < -0.3 is 10.4 Å². The zero-order valence-corrected chi connectivity index (χ0v) is 10.2. The smallest absolute Gasteiger partial charge is 0.159 e. The molecule has 4 atom stereocenters. The first-order chi connectivity index (χ1) is 8.09. The molecule has 17 heavy (non-hydrogen) atoms. The van der Waals surface area contributed by atoms with Crippen molar-refractivity contribution < 1.29 is 5.11 Å². The van der Waals surface area contributed by atoms with Gasteiger partial charge >= 0.3 is 0 Å². The van der Waals surface area contributed by atoms with Gasteiger partial charge in [0.25, 0.3) is 0 Å². The summed E-state index contributed by atoms with van der Waals surface area (Å²) in [5.41, 5.74) is -0.119.